The van der Waals surface area contributed by atoms with Crippen molar-refractivity contribution in [2.45, 2.75) is 142 Å². The Bertz CT molecular complexity index is 987. The Balaban J connectivity index is 2.21. The highest BCUT2D eigenvalue weighted by Gasteiger charge is 2.44. The molecular formula is C29H47N3O8. The molecule has 11 heteroatoms. The van der Waals surface area contributed by atoms with E-state index in [1.165, 1.54) is 4.90 Å². The summed E-state index contributed by atoms with van der Waals surface area (Å²) in [5.41, 5.74) is -2.24. The van der Waals surface area contributed by atoms with Crippen LogP contribution in [0.15, 0.2) is 12.2 Å². The van der Waals surface area contributed by atoms with Crippen LogP contribution in [-0.2, 0) is 33.4 Å². The minimum Gasteiger partial charge on any atom is -0.460 e. The van der Waals surface area contributed by atoms with Crippen molar-refractivity contribution in [2.24, 2.45) is 0 Å². The van der Waals surface area contributed by atoms with E-state index in [2.05, 4.69) is 10.6 Å². The van der Waals surface area contributed by atoms with Gasteiger partial charge in [0.1, 0.15) is 34.9 Å². The smallest absolute Gasteiger partial charge is 0.408 e. The third-order valence-electron chi connectivity index (χ3n) is 6.06. The maximum absolute atomic E-state index is 13.6. The average Bonchev–Trinajstić information content (AvgIpc) is 3.16. The highest BCUT2D eigenvalue weighted by molar-refractivity contribution is 5.94. The molecule has 2 aliphatic rings. The second kappa shape index (κ2) is 13.0. The summed E-state index contributed by atoms with van der Waals surface area (Å²) in [4.78, 5) is 66.5. The summed E-state index contributed by atoms with van der Waals surface area (Å²) in [7, 11) is 0. The van der Waals surface area contributed by atoms with Crippen LogP contribution < -0.4 is 10.6 Å². The molecule has 4 atom stereocenters. The molecule has 1 fully saturated rings. The molecule has 2 aliphatic heterocycles. The molecule has 0 radical (unpaired) electrons. The molecule has 2 rings (SSSR count). The number of ether oxygens (including phenoxy) is 3. The number of carbonyl (C=O) groups excluding carboxylic acids is 5. The Morgan fingerprint density at radius 1 is 0.875 bits per heavy atom. The standard InChI is InChI=1S/C29H47N3O8/c1-27(2,3)38-22(33)17-15-20(25(36)39-28(4,5)6)30-23(34)21-16-14-18-12-10-11-13-19(24(35)32(18)21)31-26(37)40-29(7,8)9/h10-11,18-21H,12-17H2,1-9H3,(H,30,34)(H,31,37)/b11-10-/t18-,19-,20-,21-/m0/s1. The topological polar surface area (TPSA) is 140 Å². The zero-order valence-corrected chi connectivity index (χ0v) is 25.4. The first kappa shape index (κ1) is 33.1. The maximum atomic E-state index is 13.6. The largest absolute Gasteiger partial charge is 0.460 e. The molecule has 0 aromatic carbocycles. The summed E-state index contributed by atoms with van der Waals surface area (Å²) in [5, 5.41) is 5.37. The lowest BCUT2D eigenvalue weighted by Crippen LogP contribution is -2.58. The Hall–Kier alpha value is -3.11. The molecule has 0 aromatic heterocycles. The minimum absolute atomic E-state index is 0.0226. The summed E-state index contributed by atoms with van der Waals surface area (Å²) in [6.07, 6.45) is 4.75. The van der Waals surface area contributed by atoms with Crippen molar-refractivity contribution in [3.63, 3.8) is 0 Å². The Morgan fingerprint density at radius 2 is 1.45 bits per heavy atom. The normalized spacial score (nSPS) is 23.2. The minimum atomic E-state index is -1.11. The van der Waals surface area contributed by atoms with Gasteiger partial charge >= 0.3 is 18.0 Å². The van der Waals surface area contributed by atoms with Crippen molar-refractivity contribution in [3.05, 3.63) is 12.2 Å². The lowest BCUT2D eigenvalue weighted by Gasteiger charge is -2.34. The first-order valence-corrected chi connectivity index (χ1v) is 14.0. The SMILES string of the molecule is CC(C)(C)OC(=O)CC[C@H](NC(=O)[C@@H]1CC[C@@H]2C/C=C\C[C@H](NC(=O)OC(C)(C)C)C(=O)N21)C(=O)OC(C)(C)C. The summed E-state index contributed by atoms with van der Waals surface area (Å²) >= 11 is 0. The fraction of sp³-hybridized carbons (Fsp3) is 0.759. The van der Waals surface area contributed by atoms with E-state index in [-0.39, 0.29) is 31.2 Å². The third-order valence-corrected chi connectivity index (χ3v) is 6.06. The lowest BCUT2D eigenvalue weighted by atomic mass is 10.0. The van der Waals surface area contributed by atoms with Gasteiger partial charge in [-0.3, -0.25) is 14.4 Å². The highest BCUT2D eigenvalue weighted by atomic mass is 16.6. The molecule has 2 heterocycles. The Kier molecular flexibility index (Phi) is 10.8. The first-order chi connectivity index (χ1) is 18.3. The van der Waals surface area contributed by atoms with Crippen LogP contribution in [0.25, 0.3) is 0 Å². The van der Waals surface area contributed by atoms with Gasteiger partial charge < -0.3 is 29.7 Å². The summed E-state index contributed by atoms with van der Waals surface area (Å²) in [6.45, 7) is 15.6. The zero-order valence-electron chi connectivity index (χ0n) is 25.4. The second-order valence-corrected chi connectivity index (χ2v) is 13.4. The molecule has 0 spiro atoms. The molecular weight excluding hydrogens is 518 g/mol. The van der Waals surface area contributed by atoms with Crippen molar-refractivity contribution >= 4 is 29.8 Å². The van der Waals surface area contributed by atoms with Gasteiger partial charge in [-0.05, 0) is 94.4 Å². The van der Waals surface area contributed by atoms with Gasteiger partial charge in [-0.15, -0.1) is 0 Å². The molecule has 0 bridgehead atoms. The highest BCUT2D eigenvalue weighted by Crippen LogP contribution is 2.30. The third kappa shape index (κ3) is 10.8. The van der Waals surface area contributed by atoms with Gasteiger partial charge in [0.15, 0.2) is 0 Å². The van der Waals surface area contributed by atoms with Gasteiger partial charge in [0, 0.05) is 12.5 Å². The Morgan fingerprint density at radius 3 is 2.02 bits per heavy atom. The molecule has 226 valence electrons. The molecule has 11 nitrogen and oxygen atoms in total. The predicted molar refractivity (Wildman–Crippen MR) is 148 cm³/mol. The number of esters is 2. The Labute approximate surface area is 237 Å². The van der Waals surface area contributed by atoms with Gasteiger partial charge in [0.25, 0.3) is 0 Å². The van der Waals surface area contributed by atoms with Crippen molar-refractivity contribution in [1.82, 2.24) is 15.5 Å². The molecule has 0 aliphatic carbocycles. The maximum Gasteiger partial charge on any atom is 0.408 e. The molecule has 1 saturated heterocycles. The van der Waals surface area contributed by atoms with Crippen LogP contribution in [0.3, 0.4) is 0 Å². The van der Waals surface area contributed by atoms with Crippen LogP contribution in [-0.4, -0.2) is 75.7 Å². The molecule has 0 unspecified atom stereocenters. The first-order valence-electron chi connectivity index (χ1n) is 14.0. The number of rotatable bonds is 7. The van der Waals surface area contributed by atoms with Crippen molar-refractivity contribution in [2.75, 3.05) is 0 Å². The van der Waals surface area contributed by atoms with Crippen molar-refractivity contribution in [1.29, 1.82) is 0 Å². The number of fused-ring (bicyclic) bond motifs is 1. The van der Waals surface area contributed by atoms with E-state index < -0.39 is 58.9 Å². The monoisotopic (exact) mass is 565 g/mol. The molecule has 0 saturated carbocycles. The summed E-state index contributed by atoms with van der Waals surface area (Å²) in [5.74, 6) is -2.08. The zero-order chi connectivity index (χ0) is 30.5. The van der Waals surface area contributed by atoms with E-state index in [1.807, 2.05) is 12.2 Å². The fourth-order valence-electron chi connectivity index (χ4n) is 4.59. The van der Waals surface area contributed by atoms with Gasteiger partial charge in [0.2, 0.25) is 11.8 Å². The quantitative estimate of drug-likeness (QED) is 0.271. The summed E-state index contributed by atoms with van der Waals surface area (Å²) in [6, 6.07) is -3.10. The van der Waals surface area contributed by atoms with Gasteiger partial charge in [0.05, 0.1) is 0 Å². The lowest BCUT2D eigenvalue weighted by molar-refractivity contribution is -0.160. The van der Waals surface area contributed by atoms with E-state index in [4.69, 9.17) is 14.2 Å². The van der Waals surface area contributed by atoms with Gasteiger partial charge in [-0.25, -0.2) is 9.59 Å². The van der Waals surface area contributed by atoms with Crippen LogP contribution in [0, 0.1) is 0 Å². The second-order valence-electron chi connectivity index (χ2n) is 13.4. The number of alkyl carbamates (subject to hydrolysis) is 1. The van der Waals surface area contributed by atoms with Gasteiger partial charge in [-0.2, -0.15) is 0 Å². The van der Waals surface area contributed by atoms with Crippen LogP contribution in [0.5, 0.6) is 0 Å². The molecule has 3 amide bonds. The number of hydrogen-bond donors (Lipinski definition) is 2. The predicted octanol–water partition coefficient (Wildman–Crippen LogP) is 3.54. The van der Waals surface area contributed by atoms with E-state index in [0.29, 0.717) is 19.3 Å². The van der Waals surface area contributed by atoms with E-state index in [9.17, 15) is 24.0 Å². The fourth-order valence-corrected chi connectivity index (χ4v) is 4.59. The van der Waals surface area contributed by atoms with Crippen molar-refractivity contribution in [3.8, 4) is 0 Å². The molecule has 2 N–H and O–H groups in total. The number of hydrogen-bond acceptors (Lipinski definition) is 8. The number of carbonyl (C=O) groups is 5. The van der Waals surface area contributed by atoms with E-state index in [0.717, 1.165) is 0 Å². The van der Waals surface area contributed by atoms with Crippen LogP contribution in [0.4, 0.5) is 4.79 Å². The van der Waals surface area contributed by atoms with E-state index in [1.54, 1.807) is 62.3 Å². The van der Waals surface area contributed by atoms with Gasteiger partial charge in [-0.1, -0.05) is 12.2 Å². The van der Waals surface area contributed by atoms with Crippen LogP contribution in [0.2, 0.25) is 0 Å². The molecule has 0 aromatic rings. The van der Waals surface area contributed by atoms with Crippen LogP contribution >= 0.6 is 0 Å². The number of nitrogens with zero attached hydrogens (tertiary/aromatic N) is 1. The van der Waals surface area contributed by atoms with Crippen LogP contribution in [0.1, 0.15) is 101 Å². The van der Waals surface area contributed by atoms with E-state index >= 15 is 0 Å². The average molecular weight is 566 g/mol. The number of nitrogens with one attached hydrogen (secondary N) is 2. The number of amides is 3. The molecule has 40 heavy (non-hydrogen) atoms. The van der Waals surface area contributed by atoms with Crippen molar-refractivity contribution < 1.29 is 38.2 Å². The summed E-state index contributed by atoms with van der Waals surface area (Å²) < 4.78 is 16.2.